The standard InChI is InChI=1S/C16H29N5O8/c1-8(22)13(16(28)29)21-11(23)7-19-15(27)10(4-2-3-5-17)20-14(26)9(18)6-12(24)25/h8-10,13,22H,2-7,17-18H2,1H3,(H,19,27)(H,20,26)(H,21,23)(H,24,25)(H,28,29). The van der Waals surface area contributed by atoms with E-state index in [1.54, 1.807) is 0 Å². The smallest absolute Gasteiger partial charge is 0.328 e. The Balaban J connectivity index is 4.86. The molecule has 166 valence electrons. The Bertz CT molecular complexity index is 598. The van der Waals surface area contributed by atoms with Gasteiger partial charge in [-0.3, -0.25) is 19.2 Å². The molecule has 3 amide bonds. The number of unbranched alkanes of at least 4 members (excludes halogenated alkanes) is 1. The number of nitrogens with one attached hydrogen (secondary N) is 3. The molecule has 4 atom stereocenters. The number of nitrogens with two attached hydrogens (primary N) is 2. The summed E-state index contributed by atoms with van der Waals surface area (Å²) in [5, 5.41) is 33.6. The molecule has 0 saturated heterocycles. The number of aliphatic hydroxyl groups excluding tert-OH is 1. The second-order valence-electron chi connectivity index (χ2n) is 6.39. The summed E-state index contributed by atoms with van der Waals surface area (Å²) in [6.45, 7) is 0.944. The van der Waals surface area contributed by atoms with Crippen LogP contribution in [0.3, 0.4) is 0 Å². The van der Waals surface area contributed by atoms with Crippen LogP contribution in [0.2, 0.25) is 0 Å². The maximum Gasteiger partial charge on any atom is 0.328 e. The summed E-state index contributed by atoms with van der Waals surface area (Å²) in [5.74, 6) is -5.17. The first-order chi connectivity index (χ1) is 13.5. The molecule has 0 spiro atoms. The van der Waals surface area contributed by atoms with Gasteiger partial charge in [0.2, 0.25) is 17.7 Å². The molecule has 0 bridgehead atoms. The van der Waals surface area contributed by atoms with Gasteiger partial charge in [0.1, 0.15) is 6.04 Å². The van der Waals surface area contributed by atoms with E-state index in [1.165, 1.54) is 6.92 Å². The maximum atomic E-state index is 12.3. The minimum atomic E-state index is -1.55. The number of carbonyl (C=O) groups excluding carboxylic acids is 3. The number of aliphatic hydroxyl groups is 1. The molecule has 0 aromatic rings. The van der Waals surface area contributed by atoms with Crippen LogP contribution >= 0.6 is 0 Å². The van der Waals surface area contributed by atoms with Gasteiger partial charge in [-0.25, -0.2) is 4.79 Å². The molecule has 0 rings (SSSR count). The van der Waals surface area contributed by atoms with Gasteiger partial charge >= 0.3 is 11.9 Å². The molecule has 0 aromatic carbocycles. The second-order valence-corrected chi connectivity index (χ2v) is 6.39. The Morgan fingerprint density at radius 2 is 1.62 bits per heavy atom. The zero-order valence-electron chi connectivity index (χ0n) is 16.1. The lowest BCUT2D eigenvalue weighted by atomic mass is 10.1. The predicted molar refractivity (Wildman–Crippen MR) is 99.3 cm³/mol. The lowest BCUT2D eigenvalue weighted by Crippen LogP contribution is -2.54. The van der Waals surface area contributed by atoms with Crippen molar-refractivity contribution < 1.29 is 39.3 Å². The molecule has 13 heteroatoms. The van der Waals surface area contributed by atoms with Crippen LogP contribution < -0.4 is 27.4 Å². The van der Waals surface area contributed by atoms with Gasteiger partial charge in [0.25, 0.3) is 0 Å². The lowest BCUT2D eigenvalue weighted by Gasteiger charge is -2.21. The molecule has 0 aliphatic carbocycles. The van der Waals surface area contributed by atoms with Crippen LogP contribution in [-0.4, -0.2) is 82.3 Å². The maximum absolute atomic E-state index is 12.3. The monoisotopic (exact) mass is 419 g/mol. The van der Waals surface area contributed by atoms with E-state index < -0.39 is 66.9 Å². The van der Waals surface area contributed by atoms with Gasteiger partial charge in [-0.1, -0.05) is 0 Å². The van der Waals surface area contributed by atoms with Crippen molar-refractivity contribution in [3.63, 3.8) is 0 Å². The van der Waals surface area contributed by atoms with Crippen LogP contribution in [0.4, 0.5) is 0 Å². The van der Waals surface area contributed by atoms with Crippen molar-refractivity contribution >= 4 is 29.7 Å². The highest BCUT2D eigenvalue weighted by Crippen LogP contribution is 2.02. The molecule has 0 heterocycles. The van der Waals surface area contributed by atoms with Gasteiger partial charge in [-0.2, -0.15) is 0 Å². The molecule has 13 nitrogen and oxygen atoms in total. The van der Waals surface area contributed by atoms with E-state index in [0.29, 0.717) is 19.4 Å². The Labute approximate surface area is 167 Å². The molecule has 0 aliphatic rings. The van der Waals surface area contributed by atoms with Gasteiger partial charge in [-0.05, 0) is 32.7 Å². The van der Waals surface area contributed by atoms with Crippen LogP contribution in [0.5, 0.6) is 0 Å². The first-order valence-corrected chi connectivity index (χ1v) is 8.95. The number of carbonyl (C=O) groups is 5. The van der Waals surface area contributed by atoms with E-state index in [-0.39, 0.29) is 6.42 Å². The average molecular weight is 419 g/mol. The summed E-state index contributed by atoms with van der Waals surface area (Å²) in [4.78, 5) is 57.7. The van der Waals surface area contributed by atoms with Crippen molar-refractivity contribution in [2.24, 2.45) is 11.5 Å². The highest BCUT2D eigenvalue weighted by molar-refractivity contribution is 5.93. The molecular weight excluding hydrogens is 390 g/mol. The number of rotatable bonds is 14. The fourth-order valence-corrected chi connectivity index (χ4v) is 2.22. The molecule has 0 aliphatic heterocycles. The van der Waals surface area contributed by atoms with Crippen molar-refractivity contribution in [3.05, 3.63) is 0 Å². The van der Waals surface area contributed by atoms with Crippen molar-refractivity contribution in [2.45, 2.75) is 56.8 Å². The van der Waals surface area contributed by atoms with Crippen molar-refractivity contribution in [1.29, 1.82) is 0 Å². The summed E-state index contributed by atoms with van der Waals surface area (Å²) in [6.07, 6.45) is -0.775. The molecule has 0 fully saturated rings. The minimum absolute atomic E-state index is 0.168. The second kappa shape index (κ2) is 13.4. The Morgan fingerprint density at radius 3 is 2.10 bits per heavy atom. The number of aliphatic carboxylic acids is 2. The minimum Gasteiger partial charge on any atom is -0.481 e. The summed E-state index contributed by atoms with van der Waals surface area (Å²) < 4.78 is 0. The van der Waals surface area contributed by atoms with E-state index >= 15 is 0 Å². The first kappa shape index (κ1) is 26.2. The number of hydrogen-bond donors (Lipinski definition) is 8. The quantitative estimate of drug-likeness (QED) is 0.129. The van der Waals surface area contributed by atoms with Gasteiger partial charge in [0.15, 0.2) is 6.04 Å². The van der Waals surface area contributed by atoms with Gasteiger partial charge in [0, 0.05) is 0 Å². The molecule has 0 saturated carbocycles. The van der Waals surface area contributed by atoms with Gasteiger partial charge < -0.3 is 42.7 Å². The molecular formula is C16H29N5O8. The van der Waals surface area contributed by atoms with Crippen molar-refractivity contribution in [3.8, 4) is 0 Å². The highest BCUT2D eigenvalue weighted by Gasteiger charge is 2.27. The van der Waals surface area contributed by atoms with Crippen LogP contribution in [0, 0.1) is 0 Å². The van der Waals surface area contributed by atoms with Crippen LogP contribution in [0.15, 0.2) is 0 Å². The predicted octanol–water partition coefficient (Wildman–Crippen LogP) is -3.53. The van der Waals surface area contributed by atoms with Crippen molar-refractivity contribution in [1.82, 2.24) is 16.0 Å². The largest absolute Gasteiger partial charge is 0.481 e. The number of carboxylic acids is 2. The van der Waals surface area contributed by atoms with Crippen LogP contribution in [-0.2, 0) is 24.0 Å². The van der Waals surface area contributed by atoms with Gasteiger partial charge in [0.05, 0.1) is 25.1 Å². The van der Waals surface area contributed by atoms with E-state index in [4.69, 9.17) is 21.7 Å². The zero-order chi connectivity index (χ0) is 22.6. The fraction of sp³-hybridized carbons (Fsp3) is 0.688. The topological polar surface area (TPSA) is 234 Å². The van der Waals surface area contributed by atoms with Crippen LogP contribution in [0.1, 0.15) is 32.6 Å². The molecule has 0 aromatic heterocycles. The van der Waals surface area contributed by atoms with Gasteiger partial charge in [-0.15, -0.1) is 0 Å². The van der Waals surface area contributed by atoms with E-state index in [9.17, 15) is 29.1 Å². The fourth-order valence-electron chi connectivity index (χ4n) is 2.22. The molecule has 4 unspecified atom stereocenters. The summed E-state index contributed by atoms with van der Waals surface area (Å²) >= 11 is 0. The molecule has 0 radical (unpaired) electrons. The summed E-state index contributed by atoms with van der Waals surface area (Å²) in [6, 6.07) is -4.00. The Morgan fingerprint density at radius 1 is 1.00 bits per heavy atom. The number of amides is 3. The number of carboxylic acid groups (broad SMARTS) is 2. The first-order valence-electron chi connectivity index (χ1n) is 8.95. The third kappa shape index (κ3) is 11.0. The van der Waals surface area contributed by atoms with E-state index in [1.807, 2.05) is 0 Å². The third-order valence-corrected chi connectivity index (χ3v) is 3.80. The Kier molecular flexibility index (Phi) is 12.1. The molecule has 10 N–H and O–H groups in total. The lowest BCUT2D eigenvalue weighted by molar-refractivity contribution is -0.144. The molecule has 29 heavy (non-hydrogen) atoms. The summed E-state index contributed by atoms with van der Waals surface area (Å²) in [5.41, 5.74) is 10.9. The average Bonchev–Trinajstić information content (AvgIpc) is 2.62. The SMILES string of the molecule is CC(O)C(NC(=O)CNC(=O)C(CCCCN)NC(=O)C(N)CC(=O)O)C(=O)O. The van der Waals surface area contributed by atoms with Crippen LogP contribution in [0.25, 0.3) is 0 Å². The normalized spacial score (nSPS) is 14.8. The van der Waals surface area contributed by atoms with E-state index in [2.05, 4.69) is 16.0 Å². The zero-order valence-corrected chi connectivity index (χ0v) is 16.1. The number of hydrogen-bond acceptors (Lipinski definition) is 8. The Hall–Kier alpha value is -2.77. The van der Waals surface area contributed by atoms with Crippen molar-refractivity contribution in [2.75, 3.05) is 13.1 Å². The third-order valence-electron chi connectivity index (χ3n) is 3.80. The highest BCUT2D eigenvalue weighted by atomic mass is 16.4. The summed E-state index contributed by atoms with van der Waals surface area (Å²) in [7, 11) is 0. The van der Waals surface area contributed by atoms with E-state index in [0.717, 1.165) is 0 Å².